The molecule has 5 heteroatoms. The molecule has 0 aliphatic carbocycles. The summed E-state index contributed by atoms with van der Waals surface area (Å²) < 4.78 is 5.92. The Balaban J connectivity index is 1.33. The first-order chi connectivity index (χ1) is 16.1. The Bertz CT molecular complexity index is 1330. The third-order valence-corrected chi connectivity index (χ3v) is 6.14. The summed E-state index contributed by atoms with van der Waals surface area (Å²) in [5.74, 6) is 1.35. The Morgan fingerprint density at radius 2 is 1.85 bits per heavy atom. The van der Waals surface area contributed by atoms with Crippen molar-refractivity contribution in [3.8, 4) is 5.75 Å². The van der Waals surface area contributed by atoms with Crippen molar-refractivity contribution >= 4 is 28.3 Å². The lowest BCUT2D eigenvalue weighted by Gasteiger charge is -2.30. The van der Waals surface area contributed by atoms with Gasteiger partial charge in [-0.15, -0.1) is 0 Å². The number of ether oxygens (including phenoxy) is 1. The molecule has 0 unspecified atom stereocenters. The van der Waals surface area contributed by atoms with Crippen LogP contribution in [0, 0.1) is 13.8 Å². The van der Waals surface area contributed by atoms with E-state index in [2.05, 4.69) is 46.6 Å². The maximum Gasteiger partial charge on any atom is 0.262 e. The number of para-hydroxylation sites is 1. The normalized spacial score (nSPS) is 13.0. The summed E-state index contributed by atoms with van der Waals surface area (Å²) in [4.78, 5) is 19.7. The van der Waals surface area contributed by atoms with E-state index in [4.69, 9.17) is 9.72 Å². The van der Waals surface area contributed by atoms with Crippen molar-refractivity contribution < 1.29 is 9.53 Å². The summed E-state index contributed by atoms with van der Waals surface area (Å²) in [6.07, 6.45) is 1.01. The van der Waals surface area contributed by atoms with Crippen LogP contribution < -0.4 is 15.0 Å². The molecule has 0 saturated heterocycles. The fraction of sp³-hybridized carbons (Fsp3) is 0.214. The molecule has 3 aromatic carbocycles. The van der Waals surface area contributed by atoms with Crippen molar-refractivity contribution in [2.24, 2.45) is 0 Å². The molecule has 1 N–H and O–H groups in total. The number of hydrogen-bond acceptors (Lipinski definition) is 4. The number of fused-ring (bicyclic) bond motifs is 2. The highest BCUT2D eigenvalue weighted by Gasteiger charge is 2.18. The number of aromatic nitrogens is 1. The van der Waals surface area contributed by atoms with Crippen LogP contribution in [0.3, 0.4) is 0 Å². The van der Waals surface area contributed by atoms with Crippen molar-refractivity contribution in [3.05, 3.63) is 95.1 Å². The number of nitrogens with one attached hydrogen (secondary N) is 1. The molecule has 1 amide bonds. The van der Waals surface area contributed by atoms with Gasteiger partial charge in [0.25, 0.3) is 5.91 Å². The molecule has 5 nitrogen and oxygen atoms in total. The minimum Gasteiger partial charge on any atom is -0.481 e. The minimum atomic E-state index is -0.192. The summed E-state index contributed by atoms with van der Waals surface area (Å²) in [5, 5.41) is 3.92. The maximum absolute atomic E-state index is 12.5. The predicted octanol–water partition coefficient (Wildman–Crippen LogP) is 5.43. The van der Waals surface area contributed by atoms with Crippen LogP contribution in [0.15, 0.2) is 72.8 Å². The average Bonchev–Trinajstić information content (AvgIpc) is 2.84. The van der Waals surface area contributed by atoms with Gasteiger partial charge in [-0.05, 0) is 61.2 Å². The van der Waals surface area contributed by atoms with Gasteiger partial charge >= 0.3 is 0 Å². The van der Waals surface area contributed by atoms with Gasteiger partial charge in [0.2, 0.25) is 0 Å². The molecule has 0 bridgehead atoms. The standard InChI is InChI=1S/C28H27N3O2/c1-19-10-12-24(20(2)16-19)29-27(32)18-33-25-9-5-8-22-11-13-26(30-28(22)25)31-15-14-21-6-3-4-7-23(21)17-31/h3-13,16H,14-15,17-18H2,1-2H3,(H,29,32). The summed E-state index contributed by atoms with van der Waals surface area (Å²) in [5.41, 5.74) is 6.53. The molecular weight excluding hydrogens is 410 g/mol. The van der Waals surface area contributed by atoms with Gasteiger partial charge in [-0.1, -0.05) is 54.1 Å². The molecule has 166 valence electrons. The molecule has 0 atom stereocenters. The highest BCUT2D eigenvalue weighted by molar-refractivity contribution is 5.93. The molecular formula is C28H27N3O2. The average molecular weight is 438 g/mol. The Morgan fingerprint density at radius 1 is 1.00 bits per heavy atom. The van der Waals surface area contributed by atoms with Crippen LogP contribution in [0.25, 0.3) is 10.9 Å². The van der Waals surface area contributed by atoms with Crippen molar-refractivity contribution in [2.75, 3.05) is 23.4 Å². The van der Waals surface area contributed by atoms with Gasteiger partial charge in [0, 0.05) is 24.2 Å². The number of nitrogens with zero attached hydrogens (tertiary/aromatic N) is 2. The zero-order valence-corrected chi connectivity index (χ0v) is 19.0. The smallest absolute Gasteiger partial charge is 0.262 e. The Labute approximate surface area is 194 Å². The molecule has 0 saturated carbocycles. The summed E-state index contributed by atoms with van der Waals surface area (Å²) >= 11 is 0. The molecule has 4 aromatic rings. The lowest BCUT2D eigenvalue weighted by molar-refractivity contribution is -0.118. The zero-order chi connectivity index (χ0) is 22.8. The Kier molecular flexibility index (Phi) is 5.69. The van der Waals surface area contributed by atoms with Crippen LogP contribution in [0.4, 0.5) is 11.5 Å². The second-order valence-electron chi connectivity index (χ2n) is 8.59. The number of carbonyl (C=O) groups excluding carboxylic acids is 1. The van der Waals surface area contributed by atoms with E-state index in [0.717, 1.165) is 53.0 Å². The van der Waals surface area contributed by atoms with Crippen molar-refractivity contribution in [3.63, 3.8) is 0 Å². The van der Waals surface area contributed by atoms with E-state index < -0.39 is 0 Å². The van der Waals surface area contributed by atoms with Gasteiger partial charge in [0.1, 0.15) is 17.1 Å². The van der Waals surface area contributed by atoms with E-state index in [1.165, 1.54) is 11.1 Å². The van der Waals surface area contributed by atoms with Crippen LogP contribution >= 0.6 is 0 Å². The molecule has 1 aliphatic rings. The summed E-state index contributed by atoms with van der Waals surface area (Å²) in [6, 6.07) is 24.5. The second kappa shape index (κ2) is 8.94. The van der Waals surface area contributed by atoms with Crippen molar-refractivity contribution in [1.29, 1.82) is 0 Å². The monoisotopic (exact) mass is 437 g/mol. The van der Waals surface area contributed by atoms with Gasteiger partial charge in [-0.2, -0.15) is 0 Å². The molecule has 0 fully saturated rings. The highest BCUT2D eigenvalue weighted by Crippen LogP contribution is 2.29. The first-order valence-corrected chi connectivity index (χ1v) is 11.3. The SMILES string of the molecule is Cc1ccc(NC(=O)COc2cccc3ccc(N4CCc5ccccc5C4)nc23)c(C)c1. The van der Waals surface area contributed by atoms with Gasteiger partial charge < -0.3 is 15.0 Å². The summed E-state index contributed by atoms with van der Waals surface area (Å²) in [6.45, 7) is 5.72. The number of rotatable bonds is 5. The molecule has 1 aliphatic heterocycles. The molecule has 0 spiro atoms. The van der Waals surface area contributed by atoms with E-state index in [9.17, 15) is 4.79 Å². The van der Waals surface area contributed by atoms with Crippen LogP contribution in [0.5, 0.6) is 5.75 Å². The van der Waals surface area contributed by atoms with E-state index in [-0.39, 0.29) is 12.5 Å². The first kappa shape index (κ1) is 21.0. The highest BCUT2D eigenvalue weighted by atomic mass is 16.5. The summed E-state index contributed by atoms with van der Waals surface area (Å²) in [7, 11) is 0. The minimum absolute atomic E-state index is 0.0740. The third kappa shape index (κ3) is 4.53. The lowest BCUT2D eigenvalue weighted by atomic mass is 10.00. The van der Waals surface area contributed by atoms with Crippen molar-refractivity contribution in [1.82, 2.24) is 4.98 Å². The molecule has 5 rings (SSSR count). The van der Waals surface area contributed by atoms with Gasteiger partial charge in [0.05, 0.1) is 0 Å². The van der Waals surface area contributed by atoms with Crippen LogP contribution in [-0.4, -0.2) is 24.0 Å². The zero-order valence-electron chi connectivity index (χ0n) is 19.0. The van der Waals surface area contributed by atoms with Crippen LogP contribution in [-0.2, 0) is 17.8 Å². The fourth-order valence-electron chi connectivity index (χ4n) is 4.38. The topological polar surface area (TPSA) is 54.5 Å². The van der Waals surface area contributed by atoms with E-state index in [1.807, 2.05) is 50.2 Å². The van der Waals surface area contributed by atoms with Gasteiger partial charge in [0.15, 0.2) is 6.61 Å². The first-order valence-electron chi connectivity index (χ1n) is 11.3. The largest absolute Gasteiger partial charge is 0.481 e. The Morgan fingerprint density at radius 3 is 2.70 bits per heavy atom. The number of aryl methyl sites for hydroxylation is 2. The number of anilines is 2. The molecule has 33 heavy (non-hydrogen) atoms. The van der Waals surface area contributed by atoms with Crippen LogP contribution in [0.2, 0.25) is 0 Å². The number of hydrogen-bond donors (Lipinski definition) is 1. The molecule has 1 aromatic heterocycles. The van der Waals surface area contributed by atoms with Gasteiger partial charge in [-0.25, -0.2) is 4.98 Å². The molecule has 2 heterocycles. The number of benzene rings is 3. The number of pyridine rings is 1. The van der Waals surface area contributed by atoms with E-state index in [0.29, 0.717) is 5.75 Å². The van der Waals surface area contributed by atoms with Crippen molar-refractivity contribution in [2.45, 2.75) is 26.8 Å². The third-order valence-electron chi connectivity index (χ3n) is 6.14. The molecule has 0 radical (unpaired) electrons. The fourth-order valence-corrected chi connectivity index (χ4v) is 4.38. The second-order valence-corrected chi connectivity index (χ2v) is 8.59. The van der Waals surface area contributed by atoms with E-state index in [1.54, 1.807) is 0 Å². The lowest BCUT2D eigenvalue weighted by Crippen LogP contribution is -2.30. The predicted molar refractivity (Wildman–Crippen MR) is 133 cm³/mol. The van der Waals surface area contributed by atoms with E-state index >= 15 is 0 Å². The van der Waals surface area contributed by atoms with Crippen LogP contribution in [0.1, 0.15) is 22.3 Å². The number of carbonyl (C=O) groups is 1. The Hall–Kier alpha value is -3.86. The van der Waals surface area contributed by atoms with Gasteiger partial charge in [-0.3, -0.25) is 4.79 Å². The maximum atomic E-state index is 12.5. The quantitative estimate of drug-likeness (QED) is 0.452. The number of amides is 1.